The summed E-state index contributed by atoms with van der Waals surface area (Å²) in [5.74, 6) is 0.753. The second-order valence-corrected chi connectivity index (χ2v) is 10.2. The van der Waals surface area contributed by atoms with Gasteiger partial charge in [-0.15, -0.1) is 0 Å². The highest BCUT2D eigenvalue weighted by atomic mass is 16.7. The minimum atomic E-state index is -0.457. The number of amides is 2. The van der Waals surface area contributed by atoms with Crippen LogP contribution >= 0.6 is 0 Å². The van der Waals surface area contributed by atoms with Crippen LogP contribution in [0.15, 0.2) is 60.8 Å². The highest BCUT2D eigenvalue weighted by Crippen LogP contribution is 2.33. The average Bonchev–Trinajstić information content (AvgIpc) is 3.45. The fourth-order valence-electron chi connectivity index (χ4n) is 4.79. The van der Waals surface area contributed by atoms with E-state index < -0.39 is 12.1 Å². The number of likely N-dealkylation sites (N-methyl/N-ethyl adjacent to an activating group) is 1. The molecule has 0 radical (unpaired) electrons. The van der Waals surface area contributed by atoms with E-state index >= 15 is 0 Å². The van der Waals surface area contributed by atoms with E-state index in [-0.39, 0.29) is 43.6 Å². The fraction of sp³-hybridized carbons (Fsp3) is 0.323. The van der Waals surface area contributed by atoms with Crippen LogP contribution in [0.3, 0.4) is 0 Å². The quantitative estimate of drug-likeness (QED) is 0.481. The molecule has 2 aliphatic heterocycles. The van der Waals surface area contributed by atoms with Crippen LogP contribution in [0.1, 0.15) is 45.7 Å². The number of pyridine rings is 1. The van der Waals surface area contributed by atoms with Gasteiger partial charge in [0.15, 0.2) is 11.5 Å². The number of hydrogen-bond acceptors (Lipinski definition) is 7. The summed E-state index contributed by atoms with van der Waals surface area (Å²) >= 11 is 0. The first-order valence-electron chi connectivity index (χ1n) is 13.3. The van der Waals surface area contributed by atoms with Crippen molar-refractivity contribution in [1.29, 1.82) is 0 Å². The van der Waals surface area contributed by atoms with Gasteiger partial charge < -0.3 is 29.1 Å². The Morgan fingerprint density at radius 2 is 1.88 bits per heavy atom. The maximum absolute atomic E-state index is 13.7. The van der Waals surface area contributed by atoms with Crippen LogP contribution < -0.4 is 14.2 Å². The van der Waals surface area contributed by atoms with Gasteiger partial charge in [-0.2, -0.15) is 0 Å². The Hall–Kier alpha value is -4.37. The van der Waals surface area contributed by atoms with Crippen molar-refractivity contribution in [1.82, 2.24) is 14.8 Å². The van der Waals surface area contributed by atoms with Gasteiger partial charge in [-0.25, -0.2) is 4.98 Å². The van der Waals surface area contributed by atoms with Crippen LogP contribution in [0.4, 0.5) is 0 Å². The van der Waals surface area contributed by atoms with E-state index in [0.29, 0.717) is 29.2 Å². The van der Waals surface area contributed by atoms with Crippen molar-refractivity contribution in [3.63, 3.8) is 0 Å². The smallest absolute Gasteiger partial charge is 0.259 e. The summed E-state index contributed by atoms with van der Waals surface area (Å²) in [6.07, 6.45) is 5.05. The van der Waals surface area contributed by atoms with E-state index in [9.17, 15) is 14.7 Å². The molecular formula is C31H33N3O6. The first-order valence-corrected chi connectivity index (χ1v) is 13.3. The van der Waals surface area contributed by atoms with Crippen LogP contribution in [-0.4, -0.2) is 77.4 Å². The molecule has 208 valence electrons. The molecule has 40 heavy (non-hydrogen) atoms. The second kappa shape index (κ2) is 11.8. The average molecular weight is 544 g/mol. The Morgan fingerprint density at radius 1 is 1.12 bits per heavy atom. The largest absolute Gasteiger partial charge is 0.472 e. The summed E-state index contributed by atoms with van der Waals surface area (Å²) in [4.78, 5) is 34.7. The lowest BCUT2D eigenvalue weighted by molar-refractivity contribution is 0.0313. The van der Waals surface area contributed by atoms with Gasteiger partial charge >= 0.3 is 0 Å². The SMILES string of the molecule is C[C@H](CO)N1C[C@H](C)[C@H](CN(C)C(=O)c2ccc3c(c2)OCO3)Oc2ncc(C=Cc3ccccc3)cc2C1=O. The first kappa shape index (κ1) is 27.2. The highest BCUT2D eigenvalue weighted by Gasteiger charge is 2.35. The van der Waals surface area contributed by atoms with Crippen LogP contribution in [0.2, 0.25) is 0 Å². The molecule has 3 heterocycles. The molecule has 0 spiro atoms. The molecule has 0 bridgehead atoms. The number of hydrogen-bond donors (Lipinski definition) is 1. The molecule has 3 aromatic rings. The number of aliphatic hydroxyl groups is 1. The third-order valence-electron chi connectivity index (χ3n) is 7.23. The summed E-state index contributed by atoms with van der Waals surface area (Å²) in [5.41, 5.74) is 2.56. The first-order chi connectivity index (χ1) is 19.3. The Bertz CT molecular complexity index is 1410. The van der Waals surface area contributed by atoms with Crippen molar-refractivity contribution >= 4 is 24.0 Å². The third kappa shape index (κ3) is 5.79. The molecule has 2 aliphatic rings. The molecule has 2 aromatic carbocycles. The summed E-state index contributed by atoms with van der Waals surface area (Å²) in [6, 6.07) is 16.3. The molecular weight excluding hydrogens is 510 g/mol. The molecule has 1 aromatic heterocycles. The predicted octanol–water partition coefficient (Wildman–Crippen LogP) is 3.97. The van der Waals surface area contributed by atoms with Gasteiger partial charge in [0.1, 0.15) is 11.7 Å². The van der Waals surface area contributed by atoms with Crippen LogP contribution in [0, 0.1) is 5.92 Å². The molecule has 0 aliphatic carbocycles. The van der Waals surface area contributed by atoms with E-state index in [4.69, 9.17) is 14.2 Å². The second-order valence-electron chi connectivity index (χ2n) is 10.2. The van der Waals surface area contributed by atoms with Gasteiger partial charge in [0.05, 0.1) is 19.2 Å². The number of rotatable bonds is 7. The van der Waals surface area contributed by atoms with Crippen molar-refractivity contribution < 1.29 is 28.9 Å². The molecule has 0 saturated carbocycles. The Morgan fingerprint density at radius 3 is 2.65 bits per heavy atom. The number of carbonyl (C=O) groups excluding carboxylic acids is 2. The number of benzene rings is 2. The lowest BCUT2D eigenvalue weighted by atomic mass is 9.99. The van der Waals surface area contributed by atoms with Crippen molar-refractivity contribution in [3.05, 3.63) is 83.0 Å². The maximum Gasteiger partial charge on any atom is 0.259 e. The monoisotopic (exact) mass is 543 g/mol. The molecule has 9 heteroatoms. The summed E-state index contributed by atoms with van der Waals surface area (Å²) < 4.78 is 17.1. The van der Waals surface area contributed by atoms with Gasteiger partial charge in [-0.05, 0) is 42.3 Å². The molecule has 0 saturated heterocycles. The molecule has 3 atom stereocenters. The number of ether oxygens (including phenoxy) is 3. The van der Waals surface area contributed by atoms with E-state index in [1.54, 1.807) is 47.3 Å². The molecule has 1 N–H and O–H groups in total. The van der Waals surface area contributed by atoms with E-state index in [1.807, 2.05) is 56.3 Å². The Kier molecular flexibility index (Phi) is 8.02. The lowest BCUT2D eigenvalue weighted by Gasteiger charge is -2.37. The van der Waals surface area contributed by atoms with Gasteiger partial charge in [0, 0.05) is 31.3 Å². The minimum Gasteiger partial charge on any atom is -0.472 e. The summed E-state index contributed by atoms with van der Waals surface area (Å²) in [6.45, 7) is 4.35. The maximum atomic E-state index is 13.7. The standard InChI is InChI=1S/C31H33N3O6/c1-20-16-34(21(2)18-35)31(37)25-13-23(10-9-22-7-5-4-6-8-22)15-32-29(25)40-28(20)17-33(3)30(36)24-11-12-26-27(14-24)39-19-38-26/h4-15,20-21,28,35H,16-19H2,1-3H3/t20-,21+,28-/m0/s1. The molecule has 0 fully saturated rings. The van der Waals surface area contributed by atoms with Gasteiger partial charge in [0.2, 0.25) is 12.7 Å². The van der Waals surface area contributed by atoms with Gasteiger partial charge in [0.25, 0.3) is 11.8 Å². The zero-order valence-electron chi connectivity index (χ0n) is 22.8. The molecule has 9 nitrogen and oxygen atoms in total. The number of carbonyl (C=O) groups is 2. The lowest BCUT2D eigenvalue weighted by Crippen LogP contribution is -2.50. The van der Waals surface area contributed by atoms with Crippen LogP contribution in [0.5, 0.6) is 17.4 Å². The van der Waals surface area contributed by atoms with Crippen molar-refractivity contribution in [2.45, 2.75) is 26.0 Å². The summed E-state index contributed by atoms with van der Waals surface area (Å²) in [7, 11) is 1.72. The van der Waals surface area contributed by atoms with Crippen molar-refractivity contribution in [3.8, 4) is 17.4 Å². The number of aromatic nitrogens is 1. The number of aliphatic hydroxyl groups excluding tert-OH is 1. The molecule has 5 rings (SSSR count). The predicted molar refractivity (Wildman–Crippen MR) is 150 cm³/mol. The normalized spacial score (nSPS) is 19.0. The van der Waals surface area contributed by atoms with E-state index in [2.05, 4.69) is 4.98 Å². The topological polar surface area (TPSA) is 101 Å². The van der Waals surface area contributed by atoms with Crippen LogP contribution in [-0.2, 0) is 0 Å². The fourth-order valence-corrected chi connectivity index (χ4v) is 4.79. The number of fused-ring (bicyclic) bond motifs is 2. The van der Waals surface area contributed by atoms with Crippen LogP contribution in [0.25, 0.3) is 12.2 Å². The summed E-state index contributed by atoms with van der Waals surface area (Å²) in [5, 5.41) is 9.92. The van der Waals surface area contributed by atoms with Crippen molar-refractivity contribution in [2.24, 2.45) is 5.92 Å². The highest BCUT2D eigenvalue weighted by molar-refractivity contribution is 5.97. The van der Waals surface area contributed by atoms with E-state index in [0.717, 1.165) is 11.1 Å². The molecule has 2 amide bonds. The zero-order valence-corrected chi connectivity index (χ0v) is 22.8. The zero-order chi connectivity index (χ0) is 28.2. The van der Waals surface area contributed by atoms with E-state index in [1.165, 1.54) is 0 Å². The number of nitrogens with zero attached hydrogens (tertiary/aromatic N) is 3. The van der Waals surface area contributed by atoms with Gasteiger partial charge in [-0.1, -0.05) is 49.4 Å². The van der Waals surface area contributed by atoms with Gasteiger partial charge in [-0.3, -0.25) is 9.59 Å². The third-order valence-corrected chi connectivity index (χ3v) is 7.23. The molecule has 0 unspecified atom stereocenters. The minimum absolute atomic E-state index is 0.133. The Labute approximate surface area is 233 Å². The Balaban J connectivity index is 1.41. The van der Waals surface area contributed by atoms with Crippen molar-refractivity contribution in [2.75, 3.05) is 33.5 Å².